The van der Waals surface area contributed by atoms with E-state index < -0.39 is 0 Å². The topological polar surface area (TPSA) is 38.2 Å². The molecule has 0 spiro atoms. The monoisotopic (exact) mass is 276 g/mol. The van der Waals surface area contributed by atoms with Crippen LogP contribution in [0.2, 0.25) is 0 Å². The van der Waals surface area contributed by atoms with E-state index in [9.17, 15) is 0 Å². The first-order valence-electron chi connectivity index (χ1n) is 8.24. The van der Waals surface area contributed by atoms with Crippen molar-refractivity contribution in [3.63, 3.8) is 0 Å². The van der Waals surface area contributed by atoms with Crippen molar-refractivity contribution < 1.29 is 0 Å². The maximum atomic E-state index is 2.60. The highest BCUT2D eigenvalue weighted by Crippen LogP contribution is 2.25. The van der Waals surface area contributed by atoms with E-state index in [1.165, 1.54) is 76.6 Å². The van der Waals surface area contributed by atoms with Crippen LogP contribution >= 0.6 is 0 Å². The quantitative estimate of drug-likeness (QED) is 0.681. The van der Waals surface area contributed by atoms with Crippen molar-refractivity contribution in [3.8, 4) is 0 Å². The number of hydrogen-bond acceptors (Lipinski definition) is 2. The Morgan fingerprint density at radius 3 is 2.35 bits per heavy atom. The Morgan fingerprint density at radius 1 is 0.900 bits per heavy atom. The van der Waals surface area contributed by atoms with Crippen LogP contribution < -0.4 is 11.1 Å². The molecule has 3 N–H and O–H groups in total. The molecular weight excluding hydrogens is 244 g/mol. The summed E-state index contributed by atoms with van der Waals surface area (Å²) in [6, 6.07) is 9.07. The lowest BCUT2D eigenvalue weighted by Gasteiger charge is -2.30. The van der Waals surface area contributed by atoms with Crippen molar-refractivity contribution in [3.05, 3.63) is 29.8 Å². The molecule has 0 unspecified atom stereocenters. The molecule has 1 heterocycles. The minimum absolute atomic E-state index is 0. The molecule has 0 bridgehead atoms. The lowest BCUT2D eigenvalue weighted by molar-refractivity contribution is 0.574. The number of hydrogen-bond donors (Lipinski definition) is 1. The van der Waals surface area contributed by atoms with Gasteiger partial charge in [-0.05, 0) is 43.7 Å². The van der Waals surface area contributed by atoms with Gasteiger partial charge in [0.15, 0.2) is 0 Å². The Bertz CT molecular complexity index is 356. The van der Waals surface area contributed by atoms with Crippen LogP contribution in [0.5, 0.6) is 0 Å². The van der Waals surface area contributed by atoms with Crippen LogP contribution in [0.25, 0.3) is 0 Å². The molecule has 0 aromatic heterocycles. The number of nitrogens with zero attached hydrogens (tertiary/aromatic N) is 1. The Hall–Kier alpha value is -1.02. The summed E-state index contributed by atoms with van der Waals surface area (Å²) in [5.74, 6) is 0. The number of aryl methyl sites for hydroxylation is 1. The van der Waals surface area contributed by atoms with Gasteiger partial charge in [-0.2, -0.15) is 0 Å². The van der Waals surface area contributed by atoms with E-state index in [4.69, 9.17) is 0 Å². The highest BCUT2D eigenvalue weighted by atomic mass is 15.1. The molecule has 0 amide bonds. The molecule has 1 aromatic rings. The summed E-state index contributed by atoms with van der Waals surface area (Å²) in [4.78, 5) is 2.60. The highest BCUT2D eigenvalue weighted by Gasteiger charge is 2.13. The molecule has 1 aliphatic rings. The second-order valence-electron chi connectivity index (χ2n) is 5.84. The Morgan fingerprint density at radius 2 is 1.60 bits per heavy atom. The van der Waals surface area contributed by atoms with Gasteiger partial charge in [-0.15, -0.1) is 0 Å². The fraction of sp³-hybridized carbons (Fsp3) is 0.667. The SMILES string of the molecule is CCCCCCCc1ccccc1N1CCCCC1.N. The summed E-state index contributed by atoms with van der Waals surface area (Å²) >= 11 is 0. The van der Waals surface area contributed by atoms with Crippen LogP contribution in [0.1, 0.15) is 63.9 Å². The molecule has 20 heavy (non-hydrogen) atoms. The molecule has 1 aromatic carbocycles. The molecule has 0 saturated carbocycles. The fourth-order valence-corrected chi connectivity index (χ4v) is 3.08. The zero-order valence-electron chi connectivity index (χ0n) is 13.2. The number of para-hydroxylation sites is 1. The van der Waals surface area contributed by atoms with Crippen molar-refractivity contribution in [2.24, 2.45) is 0 Å². The van der Waals surface area contributed by atoms with E-state index in [2.05, 4.69) is 36.1 Å². The lowest BCUT2D eigenvalue weighted by Crippen LogP contribution is -2.30. The maximum absolute atomic E-state index is 2.60. The van der Waals surface area contributed by atoms with E-state index in [1.807, 2.05) is 0 Å². The molecule has 1 aliphatic heterocycles. The number of piperidine rings is 1. The Labute approximate surface area is 125 Å². The smallest absolute Gasteiger partial charge is 0.0398 e. The molecule has 0 radical (unpaired) electrons. The number of unbranched alkanes of at least 4 members (excludes halogenated alkanes) is 4. The predicted molar refractivity (Wildman–Crippen MR) is 90.0 cm³/mol. The van der Waals surface area contributed by atoms with Gasteiger partial charge in [0.05, 0.1) is 0 Å². The van der Waals surface area contributed by atoms with Crippen molar-refractivity contribution in [2.45, 2.75) is 64.7 Å². The molecule has 0 atom stereocenters. The first kappa shape index (κ1) is 17.0. The van der Waals surface area contributed by atoms with Crippen LogP contribution in [0.3, 0.4) is 0 Å². The van der Waals surface area contributed by atoms with E-state index >= 15 is 0 Å². The third-order valence-corrected chi connectivity index (χ3v) is 4.24. The van der Waals surface area contributed by atoms with Gasteiger partial charge in [-0.3, -0.25) is 0 Å². The number of benzene rings is 1. The first-order chi connectivity index (χ1) is 9.42. The van der Waals surface area contributed by atoms with E-state index in [-0.39, 0.29) is 6.15 Å². The molecule has 1 saturated heterocycles. The molecular formula is C18H32N2. The first-order valence-corrected chi connectivity index (χ1v) is 8.24. The highest BCUT2D eigenvalue weighted by molar-refractivity contribution is 5.53. The summed E-state index contributed by atoms with van der Waals surface area (Å²) < 4.78 is 0. The van der Waals surface area contributed by atoms with Gasteiger partial charge in [0, 0.05) is 18.8 Å². The second kappa shape index (κ2) is 9.82. The van der Waals surface area contributed by atoms with Crippen molar-refractivity contribution >= 4 is 5.69 Å². The third-order valence-electron chi connectivity index (χ3n) is 4.24. The minimum atomic E-state index is 0. The van der Waals surface area contributed by atoms with Crippen LogP contribution in [-0.2, 0) is 6.42 Å². The largest absolute Gasteiger partial charge is 0.371 e. The number of anilines is 1. The lowest BCUT2D eigenvalue weighted by atomic mass is 10.0. The van der Waals surface area contributed by atoms with Gasteiger partial charge in [0.2, 0.25) is 0 Å². The van der Waals surface area contributed by atoms with Crippen LogP contribution in [-0.4, -0.2) is 13.1 Å². The molecule has 114 valence electrons. The Kier molecular flexibility index (Phi) is 8.36. The summed E-state index contributed by atoms with van der Waals surface area (Å²) in [5, 5.41) is 0. The summed E-state index contributed by atoms with van der Waals surface area (Å²) in [6.45, 7) is 4.80. The molecule has 0 aliphatic carbocycles. The van der Waals surface area contributed by atoms with E-state index in [0.717, 1.165) is 0 Å². The van der Waals surface area contributed by atoms with Crippen LogP contribution in [0.4, 0.5) is 5.69 Å². The van der Waals surface area contributed by atoms with Gasteiger partial charge in [-0.25, -0.2) is 0 Å². The van der Waals surface area contributed by atoms with Gasteiger partial charge in [-0.1, -0.05) is 50.8 Å². The van der Waals surface area contributed by atoms with E-state index in [1.54, 1.807) is 5.56 Å². The van der Waals surface area contributed by atoms with E-state index in [0.29, 0.717) is 0 Å². The third kappa shape index (κ3) is 5.16. The molecule has 2 nitrogen and oxygen atoms in total. The fourth-order valence-electron chi connectivity index (χ4n) is 3.08. The zero-order chi connectivity index (χ0) is 13.3. The summed E-state index contributed by atoms with van der Waals surface area (Å²) in [6.07, 6.45) is 12.3. The van der Waals surface area contributed by atoms with Gasteiger partial charge in [0.25, 0.3) is 0 Å². The standard InChI is InChI=1S/C18H29N.H3N/c1-2-3-4-5-7-12-17-13-8-9-14-18(17)19-15-10-6-11-16-19;/h8-9,13-14H,2-7,10-12,15-16H2,1H3;1H3. The molecule has 2 heteroatoms. The average molecular weight is 276 g/mol. The Balaban J connectivity index is 0.00000200. The van der Waals surface area contributed by atoms with Crippen LogP contribution in [0.15, 0.2) is 24.3 Å². The second-order valence-corrected chi connectivity index (χ2v) is 5.84. The molecule has 1 fully saturated rings. The van der Waals surface area contributed by atoms with Crippen LogP contribution in [0, 0.1) is 0 Å². The predicted octanol–water partition coefficient (Wildman–Crippen LogP) is 5.35. The normalized spacial score (nSPS) is 14.9. The molecule has 2 rings (SSSR count). The van der Waals surface area contributed by atoms with Crippen molar-refractivity contribution in [1.29, 1.82) is 0 Å². The number of rotatable bonds is 7. The van der Waals surface area contributed by atoms with Crippen molar-refractivity contribution in [1.82, 2.24) is 6.15 Å². The van der Waals surface area contributed by atoms with Gasteiger partial charge >= 0.3 is 0 Å². The summed E-state index contributed by atoms with van der Waals surface area (Å²) in [7, 11) is 0. The minimum Gasteiger partial charge on any atom is -0.371 e. The van der Waals surface area contributed by atoms with Gasteiger partial charge in [0.1, 0.15) is 0 Å². The maximum Gasteiger partial charge on any atom is 0.0398 e. The van der Waals surface area contributed by atoms with Crippen molar-refractivity contribution in [2.75, 3.05) is 18.0 Å². The summed E-state index contributed by atoms with van der Waals surface area (Å²) in [5.41, 5.74) is 3.08. The average Bonchev–Trinajstić information content (AvgIpc) is 2.48. The van der Waals surface area contributed by atoms with Gasteiger partial charge < -0.3 is 11.1 Å². The zero-order valence-corrected chi connectivity index (χ0v) is 13.2.